The third kappa shape index (κ3) is 5.34. The maximum Gasteiger partial charge on any atom is 0.338 e. The summed E-state index contributed by atoms with van der Waals surface area (Å²) in [5.74, 6) is -3.85. The van der Waals surface area contributed by atoms with Crippen LogP contribution in [0.1, 0.15) is 37.7 Å². The van der Waals surface area contributed by atoms with E-state index in [4.69, 9.17) is 21.1 Å². The Morgan fingerprint density at radius 3 is 2.58 bits per heavy atom. The number of nitrogens with zero attached hydrogens (tertiary/aromatic N) is 3. The average molecular weight is 473 g/mol. The number of nitriles is 1. The fourth-order valence-electron chi connectivity index (χ4n) is 4.06. The van der Waals surface area contributed by atoms with Crippen LogP contribution in [-0.4, -0.2) is 55.4 Å². The van der Waals surface area contributed by atoms with Gasteiger partial charge in [-0.1, -0.05) is 43.0 Å². The molecule has 0 radical (unpaired) electrons. The first-order valence-electron chi connectivity index (χ1n) is 10.6. The highest BCUT2D eigenvalue weighted by Crippen LogP contribution is 2.32. The lowest BCUT2D eigenvalue weighted by Crippen LogP contribution is -2.55. The van der Waals surface area contributed by atoms with Crippen LogP contribution in [0.3, 0.4) is 0 Å². The molecule has 3 rings (SSSR count). The highest BCUT2D eigenvalue weighted by Gasteiger charge is 2.49. The second-order valence-electron chi connectivity index (χ2n) is 7.77. The molecule has 174 valence electrons. The topological polar surface area (TPSA) is 121 Å². The van der Waals surface area contributed by atoms with Crippen molar-refractivity contribution in [1.82, 2.24) is 10.3 Å². The number of methoxy groups -OCH3 is 2. The summed E-state index contributed by atoms with van der Waals surface area (Å²) in [5, 5.41) is 18.5. The molecule has 10 heteroatoms. The SMILES string of the molecule is COC(=O)C1=C(NC2CCCCC2)C(C#N)C(=O)N(/N=C/c2cccc(Cl)c2)C1C(=O)OC. The number of hydrogen-bond acceptors (Lipinski definition) is 8. The number of carbonyl (C=O) groups excluding carboxylic acids is 3. The molecule has 0 bridgehead atoms. The molecule has 1 fully saturated rings. The molecule has 1 heterocycles. The van der Waals surface area contributed by atoms with Crippen molar-refractivity contribution in [2.75, 3.05) is 14.2 Å². The number of halogens is 1. The van der Waals surface area contributed by atoms with Crippen LogP contribution in [0, 0.1) is 17.2 Å². The predicted molar refractivity (Wildman–Crippen MR) is 120 cm³/mol. The molecule has 1 amide bonds. The molecule has 2 atom stereocenters. The number of esters is 2. The summed E-state index contributed by atoms with van der Waals surface area (Å²) >= 11 is 6.00. The van der Waals surface area contributed by atoms with E-state index in [1.165, 1.54) is 13.3 Å². The molecule has 0 saturated heterocycles. The minimum atomic E-state index is -1.51. The van der Waals surface area contributed by atoms with E-state index in [1.807, 2.05) is 6.07 Å². The molecule has 0 spiro atoms. The molecular formula is C23H25ClN4O5. The van der Waals surface area contributed by atoms with Crippen LogP contribution >= 0.6 is 11.6 Å². The van der Waals surface area contributed by atoms with Crippen molar-refractivity contribution < 1.29 is 23.9 Å². The van der Waals surface area contributed by atoms with Gasteiger partial charge >= 0.3 is 11.9 Å². The van der Waals surface area contributed by atoms with Crippen LogP contribution in [0.4, 0.5) is 0 Å². The van der Waals surface area contributed by atoms with E-state index in [-0.39, 0.29) is 17.3 Å². The van der Waals surface area contributed by atoms with E-state index >= 15 is 0 Å². The summed E-state index contributed by atoms with van der Waals surface area (Å²) in [6.07, 6.45) is 6.04. The Balaban J connectivity index is 2.11. The van der Waals surface area contributed by atoms with Gasteiger partial charge in [-0.25, -0.2) is 14.6 Å². The second kappa shape index (κ2) is 11.0. The smallest absolute Gasteiger partial charge is 0.338 e. The van der Waals surface area contributed by atoms with Crippen molar-refractivity contribution in [3.63, 3.8) is 0 Å². The Bertz CT molecular complexity index is 1030. The molecule has 1 saturated carbocycles. The lowest BCUT2D eigenvalue weighted by Gasteiger charge is -2.37. The third-order valence-corrected chi connectivity index (χ3v) is 5.91. The van der Waals surface area contributed by atoms with Crippen LogP contribution < -0.4 is 5.32 Å². The van der Waals surface area contributed by atoms with Crippen molar-refractivity contribution in [2.24, 2.45) is 11.0 Å². The van der Waals surface area contributed by atoms with Gasteiger partial charge in [0.15, 0.2) is 12.0 Å². The molecule has 1 aromatic carbocycles. The summed E-state index contributed by atoms with van der Waals surface area (Å²) in [7, 11) is 2.31. The Kier molecular flexibility index (Phi) is 8.06. The fraction of sp³-hybridized carbons (Fsp3) is 0.435. The number of benzene rings is 1. The summed E-state index contributed by atoms with van der Waals surface area (Å²) < 4.78 is 9.82. The minimum Gasteiger partial charge on any atom is -0.467 e. The van der Waals surface area contributed by atoms with E-state index in [2.05, 4.69) is 10.4 Å². The van der Waals surface area contributed by atoms with Gasteiger partial charge in [0.2, 0.25) is 0 Å². The van der Waals surface area contributed by atoms with Gasteiger partial charge in [0.25, 0.3) is 5.91 Å². The van der Waals surface area contributed by atoms with Gasteiger partial charge in [-0.05, 0) is 30.5 Å². The average Bonchev–Trinajstić information content (AvgIpc) is 2.83. The first-order valence-corrected chi connectivity index (χ1v) is 11.0. The quantitative estimate of drug-likeness (QED) is 0.498. The highest BCUT2D eigenvalue weighted by molar-refractivity contribution is 6.30. The van der Waals surface area contributed by atoms with Gasteiger partial charge < -0.3 is 14.8 Å². The molecular weight excluding hydrogens is 448 g/mol. The number of hydrazone groups is 1. The normalized spacial score (nSPS) is 21.6. The molecule has 9 nitrogen and oxygen atoms in total. The first kappa shape index (κ1) is 24.3. The summed E-state index contributed by atoms with van der Waals surface area (Å²) in [6.45, 7) is 0. The number of hydrogen-bond donors (Lipinski definition) is 1. The van der Waals surface area contributed by atoms with E-state index in [0.29, 0.717) is 10.6 Å². The molecule has 0 aromatic heterocycles. The number of nitrogens with one attached hydrogen (secondary N) is 1. The number of carbonyl (C=O) groups is 3. The van der Waals surface area contributed by atoms with Gasteiger partial charge in [-0.2, -0.15) is 10.4 Å². The Morgan fingerprint density at radius 1 is 1.24 bits per heavy atom. The zero-order valence-corrected chi connectivity index (χ0v) is 19.2. The lowest BCUT2D eigenvalue weighted by atomic mass is 9.88. The Morgan fingerprint density at radius 2 is 1.97 bits per heavy atom. The van der Waals surface area contributed by atoms with Gasteiger partial charge in [-0.15, -0.1) is 0 Å². The zero-order valence-electron chi connectivity index (χ0n) is 18.4. The molecule has 2 unspecified atom stereocenters. The van der Waals surface area contributed by atoms with E-state index in [1.54, 1.807) is 24.3 Å². The number of amides is 1. The Labute approximate surface area is 197 Å². The zero-order chi connectivity index (χ0) is 24.0. The molecule has 1 N–H and O–H groups in total. The van der Waals surface area contributed by atoms with E-state index < -0.39 is 29.8 Å². The molecule has 2 aliphatic rings. The van der Waals surface area contributed by atoms with Crippen molar-refractivity contribution in [2.45, 2.75) is 44.2 Å². The summed E-state index contributed by atoms with van der Waals surface area (Å²) in [4.78, 5) is 38.9. The first-order chi connectivity index (χ1) is 15.9. The largest absolute Gasteiger partial charge is 0.467 e. The van der Waals surface area contributed by atoms with Gasteiger partial charge in [0, 0.05) is 11.1 Å². The van der Waals surface area contributed by atoms with Crippen LogP contribution in [0.5, 0.6) is 0 Å². The summed E-state index contributed by atoms with van der Waals surface area (Å²) in [6, 6.07) is 7.09. The van der Waals surface area contributed by atoms with Crippen LogP contribution in [0.2, 0.25) is 5.02 Å². The summed E-state index contributed by atoms with van der Waals surface area (Å²) in [5.41, 5.74) is 0.470. The minimum absolute atomic E-state index is 0.0307. The van der Waals surface area contributed by atoms with Crippen molar-refractivity contribution >= 4 is 35.7 Å². The standard InChI is InChI=1S/C23H25ClN4O5/c1-32-22(30)18-19(27-16-9-4-3-5-10-16)17(12-25)21(29)28(20(18)23(31)33-2)26-13-14-7-6-8-15(24)11-14/h6-8,11,13,16-17,20,27H,3-5,9-10H2,1-2H3/b26-13+. The molecule has 1 aromatic rings. The van der Waals surface area contributed by atoms with Gasteiger partial charge in [0.05, 0.1) is 37.8 Å². The van der Waals surface area contributed by atoms with Crippen LogP contribution in [0.15, 0.2) is 40.6 Å². The van der Waals surface area contributed by atoms with Crippen molar-refractivity contribution in [3.05, 3.63) is 46.1 Å². The number of rotatable bonds is 6. The molecule has 1 aliphatic heterocycles. The Hall–Kier alpha value is -3.38. The predicted octanol–water partition coefficient (Wildman–Crippen LogP) is 2.55. The molecule has 1 aliphatic carbocycles. The molecule has 33 heavy (non-hydrogen) atoms. The lowest BCUT2D eigenvalue weighted by molar-refractivity contribution is -0.155. The van der Waals surface area contributed by atoms with Gasteiger partial charge in [-0.3, -0.25) is 4.79 Å². The van der Waals surface area contributed by atoms with E-state index in [9.17, 15) is 19.6 Å². The van der Waals surface area contributed by atoms with E-state index in [0.717, 1.165) is 44.2 Å². The maximum atomic E-state index is 13.3. The number of ether oxygens (including phenoxy) is 2. The fourth-order valence-corrected chi connectivity index (χ4v) is 4.25. The van der Waals surface area contributed by atoms with Gasteiger partial charge in [0.1, 0.15) is 0 Å². The van der Waals surface area contributed by atoms with Crippen LogP contribution in [0.25, 0.3) is 0 Å². The monoisotopic (exact) mass is 472 g/mol. The highest BCUT2D eigenvalue weighted by atomic mass is 35.5. The van der Waals surface area contributed by atoms with Crippen molar-refractivity contribution in [3.8, 4) is 6.07 Å². The third-order valence-electron chi connectivity index (χ3n) is 5.67. The maximum absolute atomic E-state index is 13.3. The van der Waals surface area contributed by atoms with Crippen LogP contribution in [-0.2, 0) is 23.9 Å². The van der Waals surface area contributed by atoms with Crippen molar-refractivity contribution in [1.29, 1.82) is 5.26 Å². The second-order valence-corrected chi connectivity index (χ2v) is 8.20.